The van der Waals surface area contributed by atoms with Crippen LogP contribution in [0.15, 0.2) is 23.2 Å². The first-order valence-corrected chi connectivity index (χ1v) is 8.56. The molecular weight excluding hydrogens is 288 g/mol. The Labute approximate surface area is 126 Å². The van der Waals surface area contributed by atoms with Gasteiger partial charge in [-0.05, 0) is 52.7 Å². The fraction of sp³-hybridized carbons (Fsp3) is 0.643. The van der Waals surface area contributed by atoms with Gasteiger partial charge in [0.2, 0.25) is 10.0 Å². The number of aromatic nitrogens is 1. The Morgan fingerprint density at radius 1 is 1.24 bits per heavy atom. The number of anilines is 1. The third kappa shape index (κ3) is 4.39. The molecule has 1 aromatic heterocycles. The van der Waals surface area contributed by atoms with Crippen LogP contribution in [-0.2, 0) is 10.0 Å². The van der Waals surface area contributed by atoms with Gasteiger partial charge in [-0.2, -0.15) is 0 Å². The van der Waals surface area contributed by atoms with Gasteiger partial charge in [0.05, 0.1) is 0 Å². The number of nitrogens with one attached hydrogen (secondary N) is 2. The Morgan fingerprint density at radius 2 is 1.81 bits per heavy atom. The highest BCUT2D eigenvalue weighted by molar-refractivity contribution is 7.89. The van der Waals surface area contributed by atoms with Gasteiger partial charge >= 0.3 is 0 Å². The van der Waals surface area contributed by atoms with Gasteiger partial charge in [0, 0.05) is 23.3 Å². The first kappa shape index (κ1) is 16.2. The van der Waals surface area contributed by atoms with Crippen molar-refractivity contribution in [1.29, 1.82) is 0 Å². The van der Waals surface area contributed by atoms with E-state index in [0.29, 0.717) is 5.82 Å². The largest absolute Gasteiger partial charge is 0.367 e. The van der Waals surface area contributed by atoms with Gasteiger partial charge in [0.1, 0.15) is 10.7 Å². The van der Waals surface area contributed by atoms with E-state index in [9.17, 15) is 8.42 Å². The molecule has 2 rings (SSSR count). The first-order chi connectivity index (χ1) is 9.47. The molecule has 0 unspecified atom stereocenters. The summed E-state index contributed by atoms with van der Waals surface area (Å²) in [6.07, 6.45) is 3.22. The van der Waals surface area contributed by atoms with E-state index in [-0.39, 0.29) is 22.0 Å². The highest BCUT2D eigenvalue weighted by Gasteiger charge is 2.37. The number of hydrogen-bond acceptors (Lipinski definition) is 5. The van der Waals surface area contributed by atoms with Crippen molar-refractivity contribution in [2.24, 2.45) is 5.14 Å². The van der Waals surface area contributed by atoms with Gasteiger partial charge in [-0.25, -0.2) is 18.5 Å². The first-order valence-electron chi connectivity index (χ1n) is 7.02. The number of nitrogens with two attached hydrogens (primary N) is 1. The minimum Gasteiger partial charge on any atom is -0.367 e. The van der Waals surface area contributed by atoms with Crippen molar-refractivity contribution in [1.82, 2.24) is 10.3 Å². The molecule has 2 heterocycles. The maximum Gasteiger partial charge on any atom is 0.239 e. The number of sulfonamides is 1. The summed E-state index contributed by atoms with van der Waals surface area (Å²) >= 11 is 0. The van der Waals surface area contributed by atoms with E-state index >= 15 is 0 Å². The van der Waals surface area contributed by atoms with Crippen LogP contribution in [0.1, 0.15) is 40.5 Å². The molecule has 1 fully saturated rings. The van der Waals surface area contributed by atoms with Crippen LogP contribution >= 0.6 is 0 Å². The lowest BCUT2D eigenvalue weighted by Gasteiger charge is -2.46. The van der Waals surface area contributed by atoms with Crippen LogP contribution in [0.4, 0.5) is 5.82 Å². The third-order valence-corrected chi connectivity index (χ3v) is 4.51. The summed E-state index contributed by atoms with van der Waals surface area (Å²) in [6.45, 7) is 8.72. The van der Waals surface area contributed by atoms with Crippen LogP contribution in [-0.4, -0.2) is 30.5 Å². The molecule has 1 aliphatic rings. The number of rotatable bonds is 3. The molecule has 0 bridgehead atoms. The topological polar surface area (TPSA) is 97.1 Å². The van der Waals surface area contributed by atoms with E-state index in [2.05, 4.69) is 43.3 Å². The summed E-state index contributed by atoms with van der Waals surface area (Å²) in [5.41, 5.74) is 0.0832. The molecule has 1 saturated heterocycles. The summed E-state index contributed by atoms with van der Waals surface area (Å²) < 4.78 is 22.4. The van der Waals surface area contributed by atoms with Crippen molar-refractivity contribution >= 4 is 15.8 Å². The van der Waals surface area contributed by atoms with E-state index in [0.717, 1.165) is 12.8 Å². The molecule has 6 nitrogen and oxygen atoms in total. The Kier molecular flexibility index (Phi) is 4.03. The lowest BCUT2D eigenvalue weighted by molar-refractivity contribution is 0.170. The van der Waals surface area contributed by atoms with E-state index in [1.54, 1.807) is 6.07 Å². The molecule has 21 heavy (non-hydrogen) atoms. The summed E-state index contributed by atoms with van der Waals surface area (Å²) in [5.74, 6) is 0.668. The fourth-order valence-corrected chi connectivity index (χ4v) is 3.72. The number of piperidine rings is 1. The summed E-state index contributed by atoms with van der Waals surface area (Å²) in [5, 5.41) is 12.1. The number of nitrogens with zero attached hydrogens (tertiary/aromatic N) is 1. The van der Waals surface area contributed by atoms with E-state index in [1.807, 2.05) is 0 Å². The summed E-state index contributed by atoms with van der Waals surface area (Å²) in [7, 11) is -3.69. The molecule has 0 aromatic carbocycles. The zero-order valence-electron chi connectivity index (χ0n) is 13.0. The standard InChI is InChI=1S/C14H24N4O2S/c1-13(2)7-10(8-14(3,4)18-13)17-12-6-5-11(9-16-12)21(15,19)20/h5-6,9-10,18H,7-8H2,1-4H3,(H,16,17)(H2,15,19,20). The predicted molar refractivity (Wildman–Crippen MR) is 83.5 cm³/mol. The Bertz CT molecular complexity index is 592. The smallest absolute Gasteiger partial charge is 0.239 e. The molecule has 1 aliphatic heterocycles. The number of pyridine rings is 1. The quantitative estimate of drug-likeness (QED) is 0.785. The van der Waals surface area contributed by atoms with Gasteiger partial charge in [0.15, 0.2) is 0 Å². The number of primary sulfonamides is 1. The second-order valence-electron chi connectivity index (χ2n) is 7.07. The number of hydrogen-bond donors (Lipinski definition) is 3. The highest BCUT2D eigenvalue weighted by Crippen LogP contribution is 2.30. The molecule has 0 amide bonds. The average molecular weight is 312 g/mol. The van der Waals surface area contributed by atoms with E-state index < -0.39 is 10.0 Å². The Balaban J connectivity index is 2.11. The lowest BCUT2D eigenvalue weighted by atomic mass is 9.79. The predicted octanol–water partition coefficient (Wildman–Crippen LogP) is 1.45. The molecule has 4 N–H and O–H groups in total. The lowest BCUT2D eigenvalue weighted by Crippen LogP contribution is -2.60. The maximum absolute atomic E-state index is 11.2. The van der Waals surface area contributed by atoms with Crippen LogP contribution in [0.2, 0.25) is 0 Å². The molecule has 0 saturated carbocycles. The van der Waals surface area contributed by atoms with Crippen LogP contribution in [0.5, 0.6) is 0 Å². The van der Waals surface area contributed by atoms with Gasteiger partial charge in [-0.3, -0.25) is 0 Å². The van der Waals surface area contributed by atoms with E-state index in [4.69, 9.17) is 5.14 Å². The molecule has 0 aliphatic carbocycles. The molecule has 7 heteroatoms. The SMILES string of the molecule is CC1(C)CC(Nc2ccc(S(N)(=O)=O)cn2)CC(C)(C)N1. The maximum atomic E-state index is 11.2. The zero-order chi connectivity index (χ0) is 15.9. The van der Waals surface area contributed by atoms with Crippen molar-refractivity contribution < 1.29 is 8.42 Å². The molecular formula is C14H24N4O2S. The fourth-order valence-electron chi connectivity index (χ4n) is 3.27. The molecule has 1 aromatic rings. The minimum absolute atomic E-state index is 0.0269. The molecule has 0 radical (unpaired) electrons. The molecule has 118 valence electrons. The summed E-state index contributed by atoms with van der Waals surface area (Å²) in [6, 6.07) is 3.41. The van der Waals surface area contributed by atoms with Crippen LogP contribution in [0.3, 0.4) is 0 Å². The second-order valence-corrected chi connectivity index (χ2v) is 8.63. The van der Waals surface area contributed by atoms with Crippen molar-refractivity contribution in [2.45, 2.75) is 62.6 Å². The van der Waals surface area contributed by atoms with Gasteiger partial charge in [-0.15, -0.1) is 0 Å². The van der Waals surface area contributed by atoms with Gasteiger partial charge in [0.25, 0.3) is 0 Å². The van der Waals surface area contributed by atoms with E-state index in [1.165, 1.54) is 12.3 Å². The van der Waals surface area contributed by atoms with Crippen LogP contribution < -0.4 is 15.8 Å². The molecule has 0 spiro atoms. The second kappa shape index (κ2) is 5.23. The van der Waals surface area contributed by atoms with Crippen molar-refractivity contribution in [2.75, 3.05) is 5.32 Å². The van der Waals surface area contributed by atoms with Crippen LogP contribution in [0.25, 0.3) is 0 Å². The Morgan fingerprint density at radius 3 is 2.24 bits per heavy atom. The summed E-state index contributed by atoms with van der Waals surface area (Å²) in [4.78, 5) is 4.17. The highest BCUT2D eigenvalue weighted by atomic mass is 32.2. The van der Waals surface area contributed by atoms with Crippen molar-refractivity contribution in [3.05, 3.63) is 18.3 Å². The zero-order valence-corrected chi connectivity index (χ0v) is 13.8. The molecule has 0 atom stereocenters. The average Bonchev–Trinajstić information content (AvgIpc) is 2.23. The van der Waals surface area contributed by atoms with Gasteiger partial charge < -0.3 is 10.6 Å². The van der Waals surface area contributed by atoms with Gasteiger partial charge in [-0.1, -0.05) is 0 Å². The monoisotopic (exact) mass is 312 g/mol. The van der Waals surface area contributed by atoms with Crippen LogP contribution in [0, 0.1) is 0 Å². The Hall–Kier alpha value is -1.18. The normalized spacial score (nSPS) is 22.0. The van der Waals surface area contributed by atoms with Crippen molar-refractivity contribution in [3.63, 3.8) is 0 Å². The third-order valence-electron chi connectivity index (χ3n) is 3.61. The van der Waals surface area contributed by atoms with Crippen molar-refractivity contribution in [3.8, 4) is 0 Å². The minimum atomic E-state index is -3.69.